The Morgan fingerprint density at radius 1 is 0.810 bits per heavy atom. The third-order valence-corrected chi connectivity index (χ3v) is 5.10. The minimum atomic E-state index is -1.10. The standard InChI is InChI=1S/C19H24OS/c1-14(2)15-6-10-17(11-7-15)21(20)18-12-8-16(9-13-18)19(3,4)5/h6-14H,1-5H3. The minimum absolute atomic E-state index is 0.124. The Morgan fingerprint density at radius 2 is 1.24 bits per heavy atom. The van der Waals surface area contributed by atoms with Crippen LogP contribution in [0.3, 0.4) is 0 Å². The predicted molar refractivity (Wildman–Crippen MR) is 90.3 cm³/mol. The largest absolute Gasteiger partial charge is 0.606 e. The molecular formula is C19H24OS. The molecule has 0 fully saturated rings. The lowest BCUT2D eigenvalue weighted by atomic mass is 9.87. The van der Waals surface area contributed by atoms with Crippen molar-refractivity contribution in [2.75, 3.05) is 0 Å². The van der Waals surface area contributed by atoms with E-state index in [1.54, 1.807) is 0 Å². The van der Waals surface area contributed by atoms with Crippen LogP contribution >= 0.6 is 0 Å². The van der Waals surface area contributed by atoms with Gasteiger partial charge in [-0.15, -0.1) is 0 Å². The van der Waals surface area contributed by atoms with Crippen molar-refractivity contribution in [1.82, 2.24) is 0 Å². The maximum atomic E-state index is 12.6. The van der Waals surface area contributed by atoms with Crippen LogP contribution in [0, 0.1) is 0 Å². The van der Waals surface area contributed by atoms with Gasteiger partial charge in [0.1, 0.15) is 0 Å². The molecule has 1 unspecified atom stereocenters. The highest BCUT2D eigenvalue weighted by Crippen LogP contribution is 2.27. The third-order valence-electron chi connectivity index (χ3n) is 3.70. The van der Waals surface area contributed by atoms with Gasteiger partial charge in [0.25, 0.3) is 0 Å². The summed E-state index contributed by atoms with van der Waals surface area (Å²) in [6, 6.07) is 16.2. The highest BCUT2D eigenvalue weighted by Gasteiger charge is 2.18. The van der Waals surface area contributed by atoms with Gasteiger partial charge in [-0.05, 0) is 46.7 Å². The lowest BCUT2D eigenvalue weighted by Gasteiger charge is -2.19. The smallest absolute Gasteiger partial charge is 0.158 e. The van der Waals surface area contributed by atoms with Gasteiger partial charge in [-0.3, -0.25) is 0 Å². The van der Waals surface area contributed by atoms with Gasteiger partial charge in [0.15, 0.2) is 9.79 Å². The van der Waals surface area contributed by atoms with Crippen molar-refractivity contribution >= 4 is 11.2 Å². The highest BCUT2D eigenvalue weighted by atomic mass is 32.2. The Bertz CT molecular complexity index is 576. The molecule has 112 valence electrons. The van der Waals surface area contributed by atoms with Crippen molar-refractivity contribution in [1.29, 1.82) is 0 Å². The van der Waals surface area contributed by atoms with Crippen molar-refractivity contribution in [2.24, 2.45) is 0 Å². The zero-order valence-corrected chi connectivity index (χ0v) is 14.3. The van der Waals surface area contributed by atoms with Gasteiger partial charge in [-0.1, -0.05) is 58.9 Å². The van der Waals surface area contributed by atoms with Crippen LogP contribution in [-0.2, 0) is 16.6 Å². The highest BCUT2D eigenvalue weighted by molar-refractivity contribution is 7.91. The SMILES string of the molecule is CC(C)c1ccc([S+]([O-])c2ccc(C(C)(C)C)cc2)cc1. The number of rotatable bonds is 3. The van der Waals surface area contributed by atoms with E-state index in [-0.39, 0.29) is 5.41 Å². The van der Waals surface area contributed by atoms with Gasteiger partial charge in [0.05, 0.1) is 0 Å². The van der Waals surface area contributed by atoms with Gasteiger partial charge in [-0.25, -0.2) is 0 Å². The zero-order chi connectivity index (χ0) is 15.6. The summed E-state index contributed by atoms with van der Waals surface area (Å²) in [6.45, 7) is 10.9. The van der Waals surface area contributed by atoms with Crippen molar-refractivity contribution in [3.05, 3.63) is 59.7 Å². The van der Waals surface area contributed by atoms with Crippen LogP contribution in [0.1, 0.15) is 51.7 Å². The van der Waals surface area contributed by atoms with E-state index in [2.05, 4.69) is 58.9 Å². The fourth-order valence-corrected chi connectivity index (χ4v) is 3.23. The average molecular weight is 300 g/mol. The summed E-state index contributed by atoms with van der Waals surface area (Å²) >= 11 is -1.10. The van der Waals surface area contributed by atoms with Crippen molar-refractivity contribution in [3.8, 4) is 0 Å². The molecule has 0 spiro atoms. The van der Waals surface area contributed by atoms with Gasteiger partial charge < -0.3 is 4.55 Å². The molecule has 2 aromatic carbocycles. The molecule has 0 radical (unpaired) electrons. The van der Waals surface area contributed by atoms with Crippen molar-refractivity contribution in [2.45, 2.75) is 55.7 Å². The molecule has 0 saturated carbocycles. The Kier molecular flexibility index (Phi) is 4.80. The summed E-state index contributed by atoms with van der Waals surface area (Å²) in [6.07, 6.45) is 0. The Hall–Kier alpha value is -1.25. The summed E-state index contributed by atoms with van der Waals surface area (Å²) < 4.78 is 12.6. The third kappa shape index (κ3) is 3.90. The molecule has 2 heteroatoms. The molecular weight excluding hydrogens is 276 g/mol. The monoisotopic (exact) mass is 300 g/mol. The molecule has 0 aliphatic heterocycles. The van der Waals surface area contributed by atoms with E-state index in [0.717, 1.165) is 9.79 Å². The molecule has 21 heavy (non-hydrogen) atoms. The van der Waals surface area contributed by atoms with E-state index < -0.39 is 11.2 Å². The fraction of sp³-hybridized carbons (Fsp3) is 0.368. The van der Waals surface area contributed by atoms with Gasteiger partial charge in [-0.2, -0.15) is 0 Å². The molecule has 0 aliphatic carbocycles. The minimum Gasteiger partial charge on any atom is -0.606 e. The normalized spacial score (nSPS) is 13.5. The van der Waals surface area contributed by atoms with E-state index in [0.29, 0.717) is 5.92 Å². The molecule has 0 aromatic heterocycles. The summed E-state index contributed by atoms with van der Waals surface area (Å²) in [5.41, 5.74) is 2.66. The van der Waals surface area contributed by atoms with Crippen molar-refractivity contribution in [3.63, 3.8) is 0 Å². The first-order valence-corrected chi connectivity index (χ1v) is 8.56. The van der Waals surface area contributed by atoms with Gasteiger partial charge >= 0.3 is 0 Å². The molecule has 2 rings (SSSR count). The topological polar surface area (TPSA) is 23.1 Å². The average Bonchev–Trinajstić information content (AvgIpc) is 2.46. The number of benzene rings is 2. The van der Waals surface area contributed by atoms with E-state index in [9.17, 15) is 4.55 Å². The summed E-state index contributed by atoms with van der Waals surface area (Å²) in [7, 11) is 0. The first-order valence-electron chi connectivity index (χ1n) is 7.41. The van der Waals surface area contributed by atoms with Crippen LogP contribution in [0.25, 0.3) is 0 Å². The van der Waals surface area contributed by atoms with Crippen LogP contribution in [0.2, 0.25) is 0 Å². The quantitative estimate of drug-likeness (QED) is 0.708. The predicted octanol–water partition coefficient (Wildman–Crippen LogP) is 5.27. The van der Waals surface area contributed by atoms with E-state index >= 15 is 0 Å². The maximum Gasteiger partial charge on any atom is 0.158 e. The van der Waals surface area contributed by atoms with Gasteiger partial charge in [0.2, 0.25) is 0 Å². The molecule has 0 saturated heterocycles. The van der Waals surface area contributed by atoms with Crippen molar-refractivity contribution < 1.29 is 4.55 Å². The van der Waals surface area contributed by atoms with Crippen LogP contribution in [-0.4, -0.2) is 4.55 Å². The number of hydrogen-bond donors (Lipinski definition) is 0. The molecule has 1 atom stereocenters. The lowest BCUT2D eigenvalue weighted by molar-refractivity contribution is 0.586. The summed E-state index contributed by atoms with van der Waals surface area (Å²) in [4.78, 5) is 1.73. The van der Waals surface area contributed by atoms with E-state index in [4.69, 9.17) is 0 Å². The molecule has 0 amide bonds. The second kappa shape index (κ2) is 6.25. The Balaban J connectivity index is 2.21. The van der Waals surface area contributed by atoms with Crippen LogP contribution in [0.15, 0.2) is 58.3 Å². The molecule has 1 nitrogen and oxygen atoms in total. The Morgan fingerprint density at radius 3 is 1.62 bits per heavy atom. The molecule has 0 heterocycles. The fourth-order valence-electron chi connectivity index (χ4n) is 2.19. The molecule has 2 aromatic rings. The van der Waals surface area contributed by atoms with E-state index in [1.165, 1.54) is 11.1 Å². The Labute approximate surface area is 131 Å². The molecule has 0 bridgehead atoms. The lowest BCUT2D eigenvalue weighted by Crippen LogP contribution is -2.11. The van der Waals surface area contributed by atoms with Crippen LogP contribution in [0.4, 0.5) is 0 Å². The summed E-state index contributed by atoms with van der Waals surface area (Å²) in [5.74, 6) is 0.499. The summed E-state index contributed by atoms with van der Waals surface area (Å²) in [5, 5.41) is 0. The van der Waals surface area contributed by atoms with E-state index in [1.807, 2.05) is 24.3 Å². The number of hydrogen-bond acceptors (Lipinski definition) is 1. The maximum absolute atomic E-state index is 12.6. The second-order valence-corrected chi connectivity index (χ2v) is 8.25. The first-order chi connectivity index (χ1) is 9.79. The zero-order valence-electron chi connectivity index (χ0n) is 13.5. The van der Waals surface area contributed by atoms with Gasteiger partial charge in [0, 0.05) is 11.2 Å². The molecule has 0 aliphatic rings. The second-order valence-electron chi connectivity index (χ2n) is 6.77. The first kappa shape index (κ1) is 16.1. The van der Waals surface area contributed by atoms with Crippen LogP contribution in [0.5, 0.6) is 0 Å². The van der Waals surface area contributed by atoms with Crippen LogP contribution < -0.4 is 0 Å². The molecule has 0 N–H and O–H groups in total.